The fourth-order valence-corrected chi connectivity index (χ4v) is 2.46. The molecule has 0 bridgehead atoms. The van der Waals surface area contributed by atoms with Crippen molar-refractivity contribution in [3.8, 4) is 23.0 Å². The van der Waals surface area contributed by atoms with Crippen molar-refractivity contribution in [3.05, 3.63) is 53.3 Å². The van der Waals surface area contributed by atoms with E-state index in [1.165, 1.54) is 13.0 Å². The van der Waals surface area contributed by atoms with Crippen molar-refractivity contribution in [2.24, 2.45) is 0 Å². The third kappa shape index (κ3) is 3.47. The van der Waals surface area contributed by atoms with Crippen LogP contribution in [-0.4, -0.2) is 26.0 Å². The van der Waals surface area contributed by atoms with E-state index in [9.17, 15) is 9.59 Å². The summed E-state index contributed by atoms with van der Waals surface area (Å²) in [7, 11) is 3.10. The van der Waals surface area contributed by atoms with Gasteiger partial charge < -0.3 is 18.9 Å². The van der Waals surface area contributed by atoms with Gasteiger partial charge in [0.2, 0.25) is 5.78 Å². The highest BCUT2D eigenvalue weighted by molar-refractivity contribution is 6.14. The van der Waals surface area contributed by atoms with Crippen molar-refractivity contribution in [3.63, 3.8) is 0 Å². The Balaban J connectivity index is 1.93. The first kappa shape index (κ1) is 16.6. The fraction of sp³-hybridized carbons (Fsp3) is 0.158. The summed E-state index contributed by atoms with van der Waals surface area (Å²) in [5, 5.41) is 0. The number of methoxy groups -OCH3 is 2. The van der Waals surface area contributed by atoms with Gasteiger partial charge in [0.25, 0.3) is 0 Å². The standard InChI is InChI=1S/C19H16O6/c1-11(20)24-13-4-5-16-17(10-13)25-18(19(16)21)8-12-6-14(22-2)9-15(7-12)23-3/h4-10H,1-3H3. The number of carbonyl (C=O) groups excluding carboxylic acids is 2. The van der Waals surface area contributed by atoms with E-state index in [-0.39, 0.29) is 11.5 Å². The van der Waals surface area contributed by atoms with E-state index in [1.807, 2.05) is 0 Å². The van der Waals surface area contributed by atoms with E-state index in [1.54, 1.807) is 50.6 Å². The molecule has 0 N–H and O–H groups in total. The van der Waals surface area contributed by atoms with Crippen LogP contribution in [0.2, 0.25) is 0 Å². The molecule has 0 amide bonds. The van der Waals surface area contributed by atoms with Crippen molar-refractivity contribution in [1.82, 2.24) is 0 Å². The molecule has 1 aliphatic rings. The molecule has 6 heteroatoms. The Bertz CT molecular complexity index is 859. The van der Waals surface area contributed by atoms with Crippen LogP contribution >= 0.6 is 0 Å². The van der Waals surface area contributed by atoms with Crippen LogP contribution in [0.3, 0.4) is 0 Å². The Labute approximate surface area is 144 Å². The number of rotatable bonds is 4. The number of esters is 1. The third-order valence-electron chi connectivity index (χ3n) is 3.57. The predicted octanol–water partition coefficient (Wildman–Crippen LogP) is 3.25. The molecular formula is C19H16O6. The maximum atomic E-state index is 12.5. The molecule has 2 aromatic rings. The Morgan fingerprint density at radius 1 is 1.00 bits per heavy atom. The van der Waals surface area contributed by atoms with Gasteiger partial charge in [-0.1, -0.05) is 0 Å². The molecule has 0 unspecified atom stereocenters. The average Bonchev–Trinajstić information content (AvgIpc) is 2.89. The lowest BCUT2D eigenvalue weighted by atomic mass is 10.1. The Morgan fingerprint density at radius 2 is 1.68 bits per heavy atom. The van der Waals surface area contributed by atoms with Gasteiger partial charge in [-0.05, 0) is 35.9 Å². The highest BCUT2D eigenvalue weighted by Gasteiger charge is 2.28. The van der Waals surface area contributed by atoms with Gasteiger partial charge in [0, 0.05) is 19.1 Å². The summed E-state index contributed by atoms with van der Waals surface area (Å²) in [4.78, 5) is 23.5. The molecule has 1 heterocycles. The summed E-state index contributed by atoms with van der Waals surface area (Å²) in [6, 6.07) is 9.90. The topological polar surface area (TPSA) is 71.1 Å². The van der Waals surface area contributed by atoms with Crippen LogP contribution in [0.1, 0.15) is 22.8 Å². The summed E-state index contributed by atoms with van der Waals surface area (Å²) >= 11 is 0. The lowest BCUT2D eigenvalue weighted by molar-refractivity contribution is -0.131. The molecule has 0 aliphatic carbocycles. The van der Waals surface area contributed by atoms with Gasteiger partial charge in [-0.3, -0.25) is 9.59 Å². The quantitative estimate of drug-likeness (QED) is 0.483. The van der Waals surface area contributed by atoms with Crippen LogP contribution in [0, 0.1) is 0 Å². The molecule has 128 valence electrons. The second kappa shape index (κ2) is 6.68. The predicted molar refractivity (Wildman–Crippen MR) is 90.2 cm³/mol. The third-order valence-corrected chi connectivity index (χ3v) is 3.57. The summed E-state index contributed by atoms with van der Waals surface area (Å²) in [5.74, 6) is 1.37. The lowest BCUT2D eigenvalue weighted by Gasteiger charge is -2.06. The van der Waals surface area contributed by atoms with E-state index < -0.39 is 5.97 Å². The zero-order valence-corrected chi connectivity index (χ0v) is 14.0. The van der Waals surface area contributed by atoms with Gasteiger partial charge in [-0.15, -0.1) is 0 Å². The normalized spacial score (nSPS) is 14.0. The molecule has 0 saturated heterocycles. The number of allylic oxidation sites excluding steroid dienone is 1. The number of ether oxygens (including phenoxy) is 4. The molecular weight excluding hydrogens is 324 g/mol. The van der Waals surface area contributed by atoms with Crippen LogP contribution in [-0.2, 0) is 4.79 Å². The van der Waals surface area contributed by atoms with Gasteiger partial charge in [0.15, 0.2) is 5.76 Å². The molecule has 0 radical (unpaired) electrons. The molecule has 3 rings (SSSR count). The average molecular weight is 340 g/mol. The summed E-state index contributed by atoms with van der Waals surface area (Å²) in [6.45, 7) is 1.31. The van der Waals surface area contributed by atoms with Crippen molar-refractivity contribution < 1.29 is 28.5 Å². The second-order valence-corrected chi connectivity index (χ2v) is 5.34. The van der Waals surface area contributed by atoms with E-state index in [2.05, 4.69) is 0 Å². The number of ketones is 1. The van der Waals surface area contributed by atoms with Gasteiger partial charge in [-0.2, -0.15) is 0 Å². The number of benzene rings is 2. The minimum Gasteiger partial charge on any atom is -0.497 e. The Kier molecular flexibility index (Phi) is 4.43. The zero-order chi connectivity index (χ0) is 18.0. The van der Waals surface area contributed by atoms with Gasteiger partial charge in [0.1, 0.15) is 23.0 Å². The van der Waals surface area contributed by atoms with Crippen LogP contribution < -0.4 is 18.9 Å². The van der Waals surface area contributed by atoms with Crippen molar-refractivity contribution >= 4 is 17.8 Å². The number of hydrogen-bond acceptors (Lipinski definition) is 6. The van der Waals surface area contributed by atoms with Crippen molar-refractivity contribution in [1.29, 1.82) is 0 Å². The lowest BCUT2D eigenvalue weighted by Crippen LogP contribution is -2.01. The smallest absolute Gasteiger partial charge is 0.308 e. The molecule has 0 atom stereocenters. The minimum absolute atomic E-state index is 0.172. The van der Waals surface area contributed by atoms with Crippen LogP contribution in [0.4, 0.5) is 0 Å². The van der Waals surface area contributed by atoms with Crippen molar-refractivity contribution in [2.45, 2.75) is 6.92 Å². The second-order valence-electron chi connectivity index (χ2n) is 5.34. The summed E-state index contributed by atoms with van der Waals surface area (Å²) in [6.07, 6.45) is 1.61. The monoisotopic (exact) mass is 340 g/mol. The molecule has 25 heavy (non-hydrogen) atoms. The molecule has 1 aliphatic heterocycles. The summed E-state index contributed by atoms with van der Waals surface area (Å²) in [5.41, 5.74) is 1.12. The van der Waals surface area contributed by atoms with Crippen molar-refractivity contribution in [2.75, 3.05) is 14.2 Å². The Hall–Kier alpha value is -3.28. The highest BCUT2D eigenvalue weighted by Crippen LogP contribution is 2.35. The SMILES string of the molecule is COc1cc(C=C2Oc3cc(OC(C)=O)ccc3C2=O)cc(OC)c1. The highest BCUT2D eigenvalue weighted by atomic mass is 16.5. The van der Waals surface area contributed by atoms with E-state index >= 15 is 0 Å². The number of Topliss-reactive ketones (excluding diaryl/α,β-unsaturated/α-hetero) is 1. The number of hydrogen-bond donors (Lipinski definition) is 0. The first-order chi connectivity index (χ1) is 12.0. The molecule has 2 aromatic carbocycles. The first-order valence-electron chi connectivity index (χ1n) is 7.50. The zero-order valence-electron chi connectivity index (χ0n) is 14.0. The van der Waals surface area contributed by atoms with Gasteiger partial charge >= 0.3 is 5.97 Å². The fourth-order valence-electron chi connectivity index (χ4n) is 2.46. The van der Waals surface area contributed by atoms with Crippen LogP contribution in [0.15, 0.2) is 42.2 Å². The van der Waals surface area contributed by atoms with Crippen LogP contribution in [0.25, 0.3) is 6.08 Å². The molecule has 0 fully saturated rings. The maximum absolute atomic E-state index is 12.5. The maximum Gasteiger partial charge on any atom is 0.308 e. The van der Waals surface area contributed by atoms with Gasteiger partial charge in [0.05, 0.1) is 19.8 Å². The molecule has 6 nitrogen and oxygen atoms in total. The summed E-state index contributed by atoms with van der Waals surface area (Å²) < 4.78 is 21.1. The van der Waals surface area contributed by atoms with Crippen LogP contribution in [0.5, 0.6) is 23.0 Å². The number of fused-ring (bicyclic) bond motifs is 1. The molecule has 0 saturated carbocycles. The molecule has 0 aromatic heterocycles. The number of carbonyl (C=O) groups is 2. The molecule has 0 spiro atoms. The van der Waals surface area contributed by atoms with E-state index in [0.717, 1.165) is 0 Å². The van der Waals surface area contributed by atoms with Gasteiger partial charge in [-0.25, -0.2) is 0 Å². The van der Waals surface area contributed by atoms with E-state index in [0.29, 0.717) is 34.1 Å². The first-order valence-corrected chi connectivity index (χ1v) is 7.50. The Morgan fingerprint density at radius 3 is 2.28 bits per heavy atom. The van der Waals surface area contributed by atoms with E-state index in [4.69, 9.17) is 18.9 Å². The minimum atomic E-state index is -0.441. The largest absolute Gasteiger partial charge is 0.497 e.